The van der Waals surface area contributed by atoms with E-state index in [2.05, 4.69) is 22.4 Å². The molecule has 3 nitrogen and oxygen atoms in total. The van der Waals surface area contributed by atoms with Crippen molar-refractivity contribution in [2.24, 2.45) is 0 Å². The minimum absolute atomic E-state index is 0.682. The third kappa shape index (κ3) is 2.45. The first kappa shape index (κ1) is 11.8. The van der Waals surface area contributed by atoms with Gasteiger partial charge in [0, 0.05) is 16.8 Å². The average Bonchev–Trinajstić information content (AvgIpc) is 2.81. The Morgan fingerprint density at radius 1 is 1.11 bits per heavy atom. The lowest BCUT2D eigenvalue weighted by Crippen LogP contribution is -2.00. The fourth-order valence-electron chi connectivity index (χ4n) is 2.22. The number of furan rings is 1. The van der Waals surface area contributed by atoms with Crippen LogP contribution >= 0.6 is 0 Å². The number of benzene rings is 1. The smallest absolute Gasteiger partial charge is 0.123 e. The number of nitrogens with one attached hydrogen (secondary N) is 1. The number of aromatic nitrogens is 1. The minimum Gasteiger partial charge on any atom is -0.465 e. The second-order valence-corrected chi connectivity index (χ2v) is 4.69. The van der Waals surface area contributed by atoms with Crippen LogP contribution in [0.15, 0.2) is 46.9 Å². The first-order valence-electron chi connectivity index (χ1n) is 6.38. The van der Waals surface area contributed by atoms with Crippen LogP contribution in [0, 0.1) is 13.8 Å². The van der Waals surface area contributed by atoms with Gasteiger partial charge in [-0.25, -0.2) is 0 Å². The lowest BCUT2D eigenvalue weighted by atomic mass is 10.1. The Morgan fingerprint density at radius 3 is 2.74 bits per heavy atom. The van der Waals surface area contributed by atoms with Crippen molar-refractivity contribution in [1.29, 1.82) is 0 Å². The van der Waals surface area contributed by atoms with Crippen LogP contribution in [-0.4, -0.2) is 4.98 Å². The molecule has 3 aromatic rings. The van der Waals surface area contributed by atoms with Gasteiger partial charge in [0.1, 0.15) is 11.5 Å². The predicted molar refractivity (Wildman–Crippen MR) is 77.3 cm³/mol. The molecule has 0 atom stereocenters. The van der Waals surface area contributed by atoms with Gasteiger partial charge in [-0.3, -0.25) is 4.98 Å². The quantitative estimate of drug-likeness (QED) is 0.764. The highest BCUT2D eigenvalue weighted by Gasteiger charge is 2.04. The van der Waals surface area contributed by atoms with Crippen LogP contribution in [0.4, 0.5) is 5.69 Å². The summed E-state index contributed by atoms with van der Waals surface area (Å²) in [5, 5.41) is 4.56. The molecule has 19 heavy (non-hydrogen) atoms. The van der Waals surface area contributed by atoms with E-state index in [0.717, 1.165) is 33.8 Å². The Balaban J connectivity index is 1.91. The van der Waals surface area contributed by atoms with Crippen molar-refractivity contribution in [2.75, 3.05) is 5.32 Å². The molecule has 0 fully saturated rings. The van der Waals surface area contributed by atoms with E-state index in [9.17, 15) is 0 Å². The SMILES string of the molecule is Cc1cc(NCc2ccc(C)o2)c2ccccc2n1. The van der Waals surface area contributed by atoms with Crippen molar-refractivity contribution in [3.05, 3.63) is 59.7 Å². The van der Waals surface area contributed by atoms with Gasteiger partial charge in [0.25, 0.3) is 0 Å². The molecule has 96 valence electrons. The second kappa shape index (κ2) is 4.76. The summed E-state index contributed by atoms with van der Waals surface area (Å²) in [4.78, 5) is 4.53. The molecule has 0 spiro atoms. The van der Waals surface area contributed by atoms with Gasteiger partial charge in [-0.15, -0.1) is 0 Å². The number of hydrogen-bond donors (Lipinski definition) is 1. The molecule has 2 heterocycles. The summed E-state index contributed by atoms with van der Waals surface area (Å²) in [5.74, 6) is 1.88. The van der Waals surface area contributed by atoms with E-state index in [4.69, 9.17) is 4.42 Å². The second-order valence-electron chi connectivity index (χ2n) is 4.69. The summed E-state index contributed by atoms with van der Waals surface area (Å²) in [6.07, 6.45) is 0. The van der Waals surface area contributed by atoms with Gasteiger partial charge in [-0.05, 0) is 38.1 Å². The van der Waals surface area contributed by atoms with Crippen molar-refractivity contribution in [3.8, 4) is 0 Å². The standard InChI is InChI=1S/C16H16N2O/c1-11-9-16(14-5-3-4-6-15(14)18-11)17-10-13-8-7-12(2)19-13/h3-9H,10H2,1-2H3,(H,17,18). The molecule has 1 N–H and O–H groups in total. The molecule has 0 unspecified atom stereocenters. The van der Waals surface area contributed by atoms with Crippen LogP contribution in [0.1, 0.15) is 17.2 Å². The number of pyridine rings is 1. The van der Waals surface area contributed by atoms with Gasteiger partial charge in [-0.1, -0.05) is 18.2 Å². The van der Waals surface area contributed by atoms with Crippen molar-refractivity contribution in [3.63, 3.8) is 0 Å². The number of fused-ring (bicyclic) bond motifs is 1. The van der Waals surface area contributed by atoms with E-state index in [0.29, 0.717) is 6.54 Å². The summed E-state index contributed by atoms with van der Waals surface area (Å²) in [6, 6.07) is 14.2. The van der Waals surface area contributed by atoms with Gasteiger partial charge in [0.05, 0.1) is 12.1 Å². The number of nitrogens with zero attached hydrogens (tertiary/aromatic N) is 1. The topological polar surface area (TPSA) is 38.1 Å². The fourth-order valence-corrected chi connectivity index (χ4v) is 2.22. The van der Waals surface area contributed by atoms with Crippen LogP contribution in [0.25, 0.3) is 10.9 Å². The molecule has 0 aliphatic carbocycles. The number of rotatable bonds is 3. The number of anilines is 1. The van der Waals surface area contributed by atoms with Crippen LogP contribution < -0.4 is 5.32 Å². The fraction of sp³-hybridized carbons (Fsp3) is 0.188. The molecule has 1 aromatic carbocycles. The average molecular weight is 252 g/mol. The van der Waals surface area contributed by atoms with E-state index >= 15 is 0 Å². The van der Waals surface area contributed by atoms with Crippen molar-refractivity contribution >= 4 is 16.6 Å². The lowest BCUT2D eigenvalue weighted by Gasteiger charge is -2.09. The van der Waals surface area contributed by atoms with Gasteiger partial charge in [0.15, 0.2) is 0 Å². The Morgan fingerprint density at radius 2 is 1.95 bits per heavy atom. The summed E-state index contributed by atoms with van der Waals surface area (Å²) in [7, 11) is 0. The summed E-state index contributed by atoms with van der Waals surface area (Å²) < 4.78 is 5.57. The third-order valence-electron chi connectivity index (χ3n) is 3.09. The Bertz CT molecular complexity index is 716. The number of para-hydroxylation sites is 1. The zero-order chi connectivity index (χ0) is 13.2. The van der Waals surface area contributed by atoms with Gasteiger partial charge in [0.2, 0.25) is 0 Å². The lowest BCUT2D eigenvalue weighted by molar-refractivity contribution is 0.490. The molecule has 3 heteroatoms. The summed E-state index contributed by atoms with van der Waals surface area (Å²) >= 11 is 0. The Hall–Kier alpha value is -2.29. The molecule has 0 saturated carbocycles. The molecule has 2 aromatic heterocycles. The predicted octanol–water partition coefficient (Wildman–Crippen LogP) is 4.06. The van der Waals surface area contributed by atoms with E-state index in [1.807, 2.05) is 44.2 Å². The zero-order valence-corrected chi connectivity index (χ0v) is 11.1. The van der Waals surface area contributed by atoms with Crippen LogP contribution in [-0.2, 0) is 6.54 Å². The first-order valence-corrected chi connectivity index (χ1v) is 6.38. The maximum Gasteiger partial charge on any atom is 0.123 e. The largest absolute Gasteiger partial charge is 0.465 e. The maximum atomic E-state index is 5.57. The molecular formula is C16H16N2O. The summed E-state index contributed by atoms with van der Waals surface area (Å²) in [5.41, 5.74) is 3.12. The molecule has 3 rings (SSSR count). The monoisotopic (exact) mass is 252 g/mol. The molecular weight excluding hydrogens is 236 g/mol. The van der Waals surface area contributed by atoms with E-state index in [1.165, 1.54) is 0 Å². The van der Waals surface area contributed by atoms with E-state index in [1.54, 1.807) is 0 Å². The van der Waals surface area contributed by atoms with Gasteiger partial charge in [-0.2, -0.15) is 0 Å². The van der Waals surface area contributed by atoms with Crippen molar-refractivity contribution < 1.29 is 4.42 Å². The third-order valence-corrected chi connectivity index (χ3v) is 3.09. The normalized spacial score (nSPS) is 10.8. The van der Waals surface area contributed by atoms with E-state index in [-0.39, 0.29) is 0 Å². The highest BCUT2D eigenvalue weighted by atomic mass is 16.3. The molecule has 0 saturated heterocycles. The van der Waals surface area contributed by atoms with Crippen molar-refractivity contribution in [2.45, 2.75) is 20.4 Å². The van der Waals surface area contributed by atoms with Crippen molar-refractivity contribution in [1.82, 2.24) is 4.98 Å². The van der Waals surface area contributed by atoms with E-state index < -0.39 is 0 Å². The Kier molecular flexibility index (Phi) is 2.95. The maximum absolute atomic E-state index is 5.57. The van der Waals surface area contributed by atoms with Gasteiger partial charge < -0.3 is 9.73 Å². The number of hydrogen-bond acceptors (Lipinski definition) is 3. The van der Waals surface area contributed by atoms with Gasteiger partial charge >= 0.3 is 0 Å². The summed E-state index contributed by atoms with van der Waals surface area (Å²) in [6.45, 7) is 4.64. The molecule has 0 amide bonds. The zero-order valence-electron chi connectivity index (χ0n) is 11.1. The van der Waals surface area contributed by atoms with Crippen LogP contribution in [0.3, 0.4) is 0 Å². The molecule has 0 aliphatic rings. The van der Waals surface area contributed by atoms with Crippen LogP contribution in [0.5, 0.6) is 0 Å². The molecule has 0 radical (unpaired) electrons. The Labute approximate surface area is 112 Å². The number of aryl methyl sites for hydroxylation is 2. The molecule has 0 aliphatic heterocycles. The van der Waals surface area contributed by atoms with Crippen LogP contribution in [0.2, 0.25) is 0 Å². The highest BCUT2D eigenvalue weighted by Crippen LogP contribution is 2.23. The first-order chi connectivity index (χ1) is 9.22. The molecule has 0 bridgehead atoms. The minimum atomic E-state index is 0.682. The highest BCUT2D eigenvalue weighted by molar-refractivity contribution is 5.91.